The van der Waals surface area contributed by atoms with Crippen molar-refractivity contribution in [2.75, 3.05) is 0 Å². The van der Waals surface area contributed by atoms with Crippen LogP contribution in [-0.2, 0) is 0 Å². The average Bonchev–Trinajstić information content (AvgIpc) is 2.88. The predicted octanol–water partition coefficient (Wildman–Crippen LogP) is 8.37. The molecule has 0 saturated carbocycles. The molecule has 0 radical (unpaired) electrons. The van der Waals surface area contributed by atoms with E-state index < -0.39 is 11.9 Å². The van der Waals surface area contributed by atoms with Crippen molar-refractivity contribution in [2.45, 2.75) is 19.6 Å². The van der Waals surface area contributed by atoms with Crippen LogP contribution in [0.5, 0.6) is 0 Å². The molecule has 0 unspecified atom stereocenters. The first-order chi connectivity index (χ1) is 16.5. The molecule has 8 heteroatoms. The number of aromatic carboxylic acids is 2. The number of carbonyl (C=O) groups is 2. The highest BCUT2D eigenvalue weighted by molar-refractivity contribution is 8.77. The SMILES string of the molecule is O=C(O)c1ccccc1SSc1ccccc1C(=O)O.c1ccc(SSc2ccccc2)cc1. The van der Waals surface area contributed by atoms with Crippen LogP contribution < -0.4 is 0 Å². The van der Waals surface area contributed by atoms with Crippen molar-refractivity contribution in [3.05, 3.63) is 120 Å². The molecule has 0 fully saturated rings. The van der Waals surface area contributed by atoms with Gasteiger partial charge in [0.25, 0.3) is 0 Å². The molecule has 34 heavy (non-hydrogen) atoms. The first-order valence-electron chi connectivity index (χ1n) is 9.98. The molecule has 0 saturated heterocycles. The van der Waals surface area contributed by atoms with Gasteiger partial charge in [-0.05, 0) is 48.5 Å². The quantitative estimate of drug-likeness (QED) is 0.223. The molecule has 0 amide bonds. The molecule has 0 aromatic heterocycles. The molecule has 0 bridgehead atoms. The summed E-state index contributed by atoms with van der Waals surface area (Å²) in [4.78, 5) is 25.9. The number of benzene rings is 4. The fourth-order valence-electron chi connectivity index (χ4n) is 2.57. The number of carboxylic acids is 2. The van der Waals surface area contributed by atoms with Gasteiger partial charge in [0.15, 0.2) is 0 Å². The van der Waals surface area contributed by atoms with E-state index in [1.165, 1.54) is 43.5 Å². The summed E-state index contributed by atoms with van der Waals surface area (Å²) >= 11 is 0. The van der Waals surface area contributed by atoms with Gasteiger partial charge in [0.05, 0.1) is 11.1 Å². The molecule has 0 atom stereocenters. The highest BCUT2D eigenvalue weighted by Gasteiger charge is 2.13. The standard InChI is InChI=1S/C14H10O4S2.C12H10S2/c15-13(16)9-5-1-3-7-11(9)19-20-12-8-4-2-6-10(12)14(17)18;1-3-7-11(8-4-1)13-14-12-9-5-2-6-10-12/h1-8H,(H,15,16)(H,17,18);1-10H. The smallest absolute Gasteiger partial charge is 0.336 e. The topological polar surface area (TPSA) is 74.6 Å². The average molecular weight is 525 g/mol. The zero-order chi connectivity index (χ0) is 24.2. The summed E-state index contributed by atoms with van der Waals surface area (Å²) < 4.78 is 0. The maximum atomic E-state index is 11.1. The van der Waals surface area contributed by atoms with E-state index in [0.29, 0.717) is 9.79 Å². The van der Waals surface area contributed by atoms with Crippen molar-refractivity contribution >= 4 is 55.1 Å². The van der Waals surface area contributed by atoms with E-state index in [-0.39, 0.29) is 11.1 Å². The summed E-state index contributed by atoms with van der Waals surface area (Å²) in [6, 6.07) is 34.1. The highest BCUT2D eigenvalue weighted by atomic mass is 33.1. The fraction of sp³-hybridized carbons (Fsp3) is 0. The molecule has 0 spiro atoms. The lowest BCUT2D eigenvalue weighted by atomic mass is 10.2. The molecular weight excluding hydrogens is 505 g/mol. The van der Waals surface area contributed by atoms with Crippen LogP contribution in [0, 0.1) is 0 Å². The fourth-order valence-corrected chi connectivity index (χ4v) is 6.89. The minimum Gasteiger partial charge on any atom is -0.478 e. The Balaban J connectivity index is 0.000000202. The monoisotopic (exact) mass is 524 g/mol. The molecule has 0 aliphatic heterocycles. The Morgan fingerprint density at radius 2 is 0.765 bits per heavy atom. The first kappa shape index (κ1) is 25.8. The third kappa shape index (κ3) is 8.22. The van der Waals surface area contributed by atoms with E-state index in [2.05, 4.69) is 48.5 Å². The van der Waals surface area contributed by atoms with Crippen molar-refractivity contribution in [1.29, 1.82) is 0 Å². The number of hydrogen-bond donors (Lipinski definition) is 2. The Morgan fingerprint density at radius 1 is 0.441 bits per heavy atom. The van der Waals surface area contributed by atoms with Gasteiger partial charge in [0, 0.05) is 19.6 Å². The molecule has 0 aliphatic carbocycles. The Hall–Kier alpha value is -2.78. The van der Waals surface area contributed by atoms with Crippen molar-refractivity contribution in [2.24, 2.45) is 0 Å². The largest absolute Gasteiger partial charge is 0.478 e. The van der Waals surface area contributed by atoms with Gasteiger partial charge in [-0.2, -0.15) is 0 Å². The molecular formula is C26H20O4S4. The van der Waals surface area contributed by atoms with Crippen LogP contribution in [0.3, 0.4) is 0 Å². The van der Waals surface area contributed by atoms with Crippen molar-refractivity contribution in [3.63, 3.8) is 0 Å². The summed E-state index contributed by atoms with van der Waals surface area (Å²) in [7, 11) is 6.05. The lowest BCUT2D eigenvalue weighted by Gasteiger charge is -2.06. The van der Waals surface area contributed by atoms with Crippen molar-refractivity contribution in [3.8, 4) is 0 Å². The Bertz CT molecular complexity index is 1120. The van der Waals surface area contributed by atoms with Crippen LogP contribution in [0.25, 0.3) is 0 Å². The van der Waals surface area contributed by atoms with E-state index in [9.17, 15) is 9.59 Å². The van der Waals surface area contributed by atoms with Gasteiger partial charge in [0.2, 0.25) is 0 Å². The molecule has 4 aromatic rings. The zero-order valence-corrected chi connectivity index (χ0v) is 21.0. The molecule has 4 rings (SSSR count). The van der Waals surface area contributed by atoms with Gasteiger partial charge in [-0.15, -0.1) is 0 Å². The lowest BCUT2D eigenvalue weighted by Crippen LogP contribution is -1.98. The summed E-state index contributed by atoms with van der Waals surface area (Å²) in [6.45, 7) is 0. The summed E-state index contributed by atoms with van der Waals surface area (Å²) in [6.07, 6.45) is 0. The summed E-state index contributed by atoms with van der Waals surface area (Å²) in [5.41, 5.74) is 0.413. The van der Waals surface area contributed by atoms with E-state index in [1.54, 1.807) is 58.0 Å². The van der Waals surface area contributed by atoms with Crippen LogP contribution in [0.15, 0.2) is 129 Å². The van der Waals surface area contributed by atoms with Gasteiger partial charge in [-0.25, -0.2) is 9.59 Å². The Morgan fingerprint density at radius 3 is 1.12 bits per heavy atom. The van der Waals surface area contributed by atoms with Crippen LogP contribution in [0.2, 0.25) is 0 Å². The summed E-state index contributed by atoms with van der Waals surface area (Å²) in [5.74, 6) is -2.00. The molecule has 4 aromatic carbocycles. The maximum Gasteiger partial charge on any atom is 0.336 e. The second kappa shape index (κ2) is 13.8. The normalized spacial score (nSPS) is 10.1. The number of rotatable bonds is 8. The third-order valence-corrected chi connectivity index (χ3v) is 9.08. The molecule has 0 aliphatic rings. The van der Waals surface area contributed by atoms with Crippen LogP contribution in [0.4, 0.5) is 0 Å². The molecule has 172 valence electrons. The van der Waals surface area contributed by atoms with E-state index in [1.807, 2.05) is 12.1 Å². The predicted molar refractivity (Wildman–Crippen MR) is 143 cm³/mol. The Labute approximate surface area is 214 Å². The van der Waals surface area contributed by atoms with Gasteiger partial charge in [-0.1, -0.05) is 104 Å². The van der Waals surface area contributed by atoms with E-state index >= 15 is 0 Å². The number of carboxylic acid groups (broad SMARTS) is 2. The van der Waals surface area contributed by atoms with Crippen molar-refractivity contribution in [1.82, 2.24) is 0 Å². The van der Waals surface area contributed by atoms with Gasteiger partial charge < -0.3 is 10.2 Å². The van der Waals surface area contributed by atoms with E-state index in [4.69, 9.17) is 10.2 Å². The van der Waals surface area contributed by atoms with Crippen molar-refractivity contribution < 1.29 is 19.8 Å². The molecule has 2 N–H and O–H groups in total. The minimum absolute atomic E-state index is 0.206. The van der Waals surface area contributed by atoms with E-state index in [0.717, 1.165) is 0 Å². The second-order valence-corrected chi connectivity index (χ2v) is 11.1. The van der Waals surface area contributed by atoms with Crippen LogP contribution >= 0.6 is 43.2 Å². The third-order valence-electron chi connectivity index (χ3n) is 4.18. The highest BCUT2D eigenvalue weighted by Crippen LogP contribution is 2.40. The van der Waals surface area contributed by atoms with Crippen LogP contribution in [0.1, 0.15) is 20.7 Å². The maximum absolute atomic E-state index is 11.1. The minimum atomic E-state index is -1.000. The zero-order valence-electron chi connectivity index (χ0n) is 17.7. The summed E-state index contributed by atoms with van der Waals surface area (Å²) in [5, 5.41) is 18.2. The first-order valence-corrected chi connectivity index (χ1v) is 14.3. The molecule has 4 nitrogen and oxygen atoms in total. The van der Waals surface area contributed by atoms with Crippen LogP contribution in [-0.4, -0.2) is 22.2 Å². The second-order valence-electron chi connectivity index (χ2n) is 6.56. The van der Waals surface area contributed by atoms with Gasteiger partial charge in [0.1, 0.15) is 0 Å². The van der Waals surface area contributed by atoms with Gasteiger partial charge in [-0.3, -0.25) is 0 Å². The Kier molecular flexibility index (Phi) is 10.5. The molecule has 0 heterocycles. The lowest BCUT2D eigenvalue weighted by molar-refractivity contribution is 0.0682. The number of hydrogen-bond acceptors (Lipinski definition) is 6. The van der Waals surface area contributed by atoms with Gasteiger partial charge >= 0.3 is 11.9 Å².